The first-order valence-electron chi connectivity index (χ1n) is 9.40. The number of benzene rings is 1. The minimum atomic E-state index is 0.562. The van der Waals surface area contributed by atoms with Gasteiger partial charge in [-0.3, -0.25) is 0 Å². The van der Waals surface area contributed by atoms with Crippen molar-refractivity contribution in [1.29, 1.82) is 0 Å². The Bertz CT molecular complexity index is 789. The minimum Gasteiger partial charge on any atom is -0.366 e. The number of nitrogens with zero attached hydrogens (tertiary/aromatic N) is 5. The van der Waals surface area contributed by atoms with E-state index in [1.807, 2.05) is 0 Å². The van der Waals surface area contributed by atoms with Gasteiger partial charge >= 0.3 is 0 Å². The van der Waals surface area contributed by atoms with Gasteiger partial charge in [-0.05, 0) is 31.5 Å². The monoisotopic (exact) mass is 335 g/mol. The van der Waals surface area contributed by atoms with E-state index >= 15 is 0 Å². The van der Waals surface area contributed by atoms with Crippen LogP contribution in [-0.2, 0) is 19.4 Å². The van der Waals surface area contributed by atoms with Crippen molar-refractivity contribution < 1.29 is 0 Å². The number of anilines is 2. The molecule has 3 aliphatic rings. The van der Waals surface area contributed by atoms with Crippen molar-refractivity contribution >= 4 is 11.5 Å². The molecule has 1 aromatic heterocycles. The molecule has 0 bridgehead atoms. The number of para-hydroxylation sites is 1. The molecule has 1 aromatic carbocycles. The average Bonchev–Trinajstić information content (AvgIpc) is 2.84. The maximum atomic E-state index is 4.72. The van der Waals surface area contributed by atoms with Crippen LogP contribution < -0.4 is 9.80 Å². The first-order valence-corrected chi connectivity index (χ1v) is 9.40. The second kappa shape index (κ2) is 5.99. The van der Waals surface area contributed by atoms with Crippen LogP contribution in [0.1, 0.15) is 23.2 Å². The molecule has 1 atom stereocenters. The van der Waals surface area contributed by atoms with Gasteiger partial charge in [0.25, 0.3) is 0 Å². The van der Waals surface area contributed by atoms with Gasteiger partial charge in [0.15, 0.2) is 0 Å². The predicted molar refractivity (Wildman–Crippen MR) is 100 cm³/mol. The molecule has 4 heterocycles. The molecule has 1 saturated heterocycles. The maximum Gasteiger partial charge on any atom is 0.136 e. The van der Waals surface area contributed by atoms with E-state index in [9.17, 15) is 0 Å². The highest BCUT2D eigenvalue weighted by Gasteiger charge is 2.33. The Kier molecular flexibility index (Phi) is 3.63. The van der Waals surface area contributed by atoms with Gasteiger partial charge in [-0.15, -0.1) is 0 Å². The highest BCUT2D eigenvalue weighted by molar-refractivity contribution is 5.61. The van der Waals surface area contributed by atoms with Crippen molar-refractivity contribution in [2.75, 3.05) is 43.0 Å². The molecule has 3 aliphatic heterocycles. The van der Waals surface area contributed by atoms with Crippen molar-refractivity contribution in [3.05, 3.63) is 47.4 Å². The van der Waals surface area contributed by atoms with Crippen molar-refractivity contribution in [3.8, 4) is 0 Å². The Hall–Kier alpha value is -2.14. The Balaban J connectivity index is 1.46. The number of likely N-dealkylation sites (N-methyl/N-ethyl adjacent to an activating group) is 1. The van der Waals surface area contributed by atoms with Gasteiger partial charge in [-0.25, -0.2) is 9.97 Å². The third-order valence-electron chi connectivity index (χ3n) is 5.93. The molecule has 0 aliphatic carbocycles. The highest BCUT2D eigenvalue weighted by Crippen LogP contribution is 2.35. The zero-order valence-corrected chi connectivity index (χ0v) is 14.9. The molecule has 1 fully saturated rings. The smallest absolute Gasteiger partial charge is 0.136 e. The second-order valence-electron chi connectivity index (χ2n) is 7.59. The molecule has 5 heteroatoms. The van der Waals surface area contributed by atoms with E-state index in [0.717, 1.165) is 45.6 Å². The summed E-state index contributed by atoms with van der Waals surface area (Å²) >= 11 is 0. The van der Waals surface area contributed by atoms with E-state index in [1.54, 1.807) is 6.33 Å². The lowest BCUT2D eigenvalue weighted by molar-refractivity contribution is 0.309. The van der Waals surface area contributed by atoms with Crippen LogP contribution in [0.4, 0.5) is 11.5 Å². The molecule has 0 amide bonds. The first kappa shape index (κ1) is 15.1. The minimum absolute atomic E-state index is 0.562. The largest absolute Gasteiger partial charge is 0.366 e. The molecule has 0 saturated carbocycles. The quantitative estimate of drug-likeness (QED) is 0.798. The number of hydrogen-bond donors (Lipinski definition) is 0. The fourth-order valence-corrected chi connectivity index (χ4v) is 4.69. The molecule has 0 radical (unpaired) electrons. The molecule has 5 nitrogen and oxygen atoms in total. The molecule has 25 heavy (non-hydrogen) atoms. The zero-order valence-electron chi connectivity index (χ0n) is 14.9. The number of fused-ring (bicyclic) bond motifs is 4. The standard InChI is InChI=1S/C20H25N5/c1-23-10-7-18-17(13-23)20(22-14-21-18)24-8-4-9-25-16(12-24)11-15-5-2-3-6-19(15)25/h2-3,5-6,14,16H,4,7-13H2,1H3. The van der Waals surface area contributed by atoms with Crippen LogP contribution in [0.3, 0.4) is 0 Å². The summed E-state index contributed by atoms with van der Waals surface area (Å²) in [6.45, 7) is 5.35. The van der Waals surface area contributed by atoms with Crippen molar-refractivity contribution in [3.63, 3.8) is 0 Å². The van der Waals surface area contributed by atoms with Crippen LogP contribution in [0.5, 0.6) is 0 Å². The van der Waals surface area contributed by atoms with E-state index in [1.165, 1.54) is 34.7 Å². The van der Waals surface area contributed by atoms with Crippen molar-refractivity contribution in [1.82, 2.24) is 14.9 Å². The molecule has 130 valence electrons. The van der Waals surface area contributed by atoms with Gasteiger partial charge in [0.05, 0.1) is 11.7 Å². The maximum absolute atomic E-state index is 4.72. The number of aromatic nitrogens is 2. The molecular formula is C20H25N5. The van der Waals surface area contributed by atoms with Crippen LogP contribution in [0.15, 0.2) is 30.6 Å². The lowest BCUT2D eigenvalue weighted by Crippen LogP contribution is -2.40. The summed E-state index contributed by atoms with van der Waals surface area (Å²) in [5.41, 5.74) is 5.54. The lowest BCUT2D eigenvalue weighted by atomic mass is 10.1. The van der Waals surface area contributed by atoms with E-state index in [4.69, 9.17) is 4.98 Å². The van der Waals surface area contributed by atoms with Crippen LogP contribution in [-0.4, -0.2) is 54.1 Å². The van der Waals surface area contributed by atoms with E-state index in [0.29, 0.717) is 6.04 Å². The highest BCUT2D eigenvalue weighted by atomic mass is 15.3. The van der Waals surface area contributed by atoms with Gasteiger partial charge in [-0.2, -0.15) is 0 Å². The predicted octanol–water partition coefficient (Wildman–Crippen LogP) is 2.11. The number of rotatable bonds is 1. The zero-order chi connectivity index (χ0) is 16.8. The molecule has 1 unspecified atom stereocenters. The molecular weight excluding hydrogens is 310 g/mol. The Morgan fingerprint density at radius 2 is 2.00 bits per heavy atom. The summed E-state index contributed by atoms with van der Waals surface area (Å²) in [6.07, 6.45) is 5.14. The summed E-state index contributed by atoms with van der Waals surface area (Å²) < 4.78 is 0. The first-order chi connectivity index (χ1) is 12.3. The van der Waals surface area contributed by atoms with E-state index in [-0.39, 0.29) is 0 Å². The molecule has 0 N–H and O–H groups in total. The van der Waals surface area contributed by atoms with Crippen molar-refractivity contribution in [2.24, 2.45) is 0 Å². The lowest BCUT2D eigenvalue weighted by Gasteiger charge is -2.32. The summed E-state index contributed by atoms with van der Waals surface area (Å²) in [4.78, 5) is 16.8. The molecule has 2 aromatic rings. The van der Waals surface area contributed by atoms with E-state index in [2.05, 4.69) is 51.0 Å². The fraction of sp³-hybridized carbons (Fsp3) is 0.500. The SMILES string of the molecule is CN1CCc2ncnc(N3CCCN4c5ccccc5CC4C3)c2C1. The fourth-order valence-electron chi connectivity index (χ4n) is 4.69. The van der Waals surface area contributed by atoms with Gasteiger partial charge < -0.3 is 14.7 Å². The normalized spacial score (nSPS) is 23.0. The molecule has 5 rings (SSSR count). The van der Waals surface area contributed by atoms with Gasteiger partial charge in [-0.1, -0.05) is 18.2 Å². The number of hydrogen-bond acceptors (Lipinski definition) is 5. The summed E-state index contributed by atoms with van der Waals surface area (Å²) in [5, 5.41) is 0. The topological polar surface area (TPSA) is 35.5 Å². The van der Waals surface area contributed by atoms with E-state index < -0.39 is 0 Å². The van der Waals surface area contributed by atoms with Crippen molar-refractivity contribution in [2.45, 2.75) is 31.8 Å². The van der Waals surface area contributed by atoms with Crippen LogP contribution >= 0.6 is 0 Å². The van der Waals surface area contributed by atoms with Crippen LogP contribution in [0.25, 0.3) is 0 Å². The second-order valence-corrected chi connectivity index (χ2v) is 7.59. The average molecular weight is 335 g/mol. The Morgan fingerprint density at radius 3 is 2.96 bits per heavy atom. The summed E-state index contributed by atoms with van der Waals surface area (Å²) in [6, 6.07) is 9.47. The summed E-state index contributed by atoms with van der Waals surface area (Å²) in [7, 11) is 2.19. The Labute approximate surface area is 149 Å². The van der Waals surface area contributed by atoms with Crippen LogP contribution in [0.2, 0.25) is 0 Å². The van der Waals surface area contributed by atoms with Gasteiger partial charge in [0.2, 0.25) is 0 Å². The van der Waals surface area contributed by atoms with Crippen LogP contribution in [0, 0.1) is 0 Å². The third-order valence-corrected chi connectivity index (χ3v) is 5.93. The molecule has 0 spiro atoms. The summed E-state index contributed by atoms with van der Waals surface area (Å²) in [5.74, 6) is 1.18. The van der Waals surface area contributed by atoms with Gasteiger partial charge in [0, 0.05) is 50.4 Å². The van der Waals surface area contributed by atoms with Gasteiger partial charge in [0.1, 0.15) is 12.1 Å². The third kappa shape index (κ3) is 2.58. The Morgan fingerprint density at radius 1 is 1.08 bits per heavy atom.